The summed E-state index contributed by atoms with van der Waals surface area (Å²) >= 11 is 1.36. The van der Waals surface area contributed by atoms with Gasteiger partial charge in [-0.15, -0.1) is 0 Å². The Hall–Kier alpha value is -1.60. The van der Waals surface area contributed by atoms with E-state index in [2.05, 4.69) is 10.3 Å². The number of imidazole rings is 1. The first kappa shape index (κ1) is 16.8. The van der Waals surface area contributed by atoms with Crippen molar-refractivity contribution in [2.45, 2.75) is 32.1 Å². The normalized spacial score (nSPS) is 20.1. The van der Waals surface area contributed by atoms with Crippen LogP contribution in [-0.4, -0.2) is 45.6 Å². The smallest absolute Gasteiger partial charge is 0.325 e. The van der Waals surface area contributed by atoms with Crippen LogP contribution in [0, 0.1) is 0 Å². The molecule has 1 aromatic rings. The maximum absolute atomic E-state index is 11.6. The standard InChI is InChI=1S/C15H21N3O3S/c1-3-21-15(20)10-18-7-6-17-14(18)8-12-9-16-5-4-13(12)22-11(2)19/h6-8,13,16H,3-5,9-10H2,1-2H3/b12-8-. The molecular formula is C15H21N3O3S. The van der Waals surface area contributed by atoms with E-state index in [0.29, 0.717) is 12.4 Å². The summed E-state index contributed by atoms with van der Waals surface area (Å²) in [5.41, 5.74) is 1.13. The second kappa shape index (κ2) is 8.14. The second-order valence-electron chi connectivity index (χ2n) is 5.00. The van der Waals surface area contributed by atoms with Crippen molar-refractivity contribution in [1.29, 1.82) is 0 Å². The van der Waals surface area contributed by atoms with Gasteiger partial charge >= 0.3 is 5.97 Å². The van der Waals surface area contributed by atoms with E-state index in [-0.39, 0.29) is 22.9 Å². The van der Waals surface area contributed by atoms with Crippen LogP contribution in [0.4, 0.5) is 0 Å². The molecule has 1 aliphatic rings. The summed E-state index contributed by atoms with van der Waals surface area (Å²) in [6.45, 7) is 5.52. The van der Waals surface area contributed by atoms with E-state index in [0.717, 1.165) is 25.1 Å². The molecule has 22 heavy (non-hydrogen) atoms. The molecule has 0 amide bonds. The number of nitrogens with one attached hydrogen (secondary N) is 1. The van der Waals surface area contributed by atoms with E-state index in [1.165, 1.54) is 11.8 Å². The first-order chi connectivity index (χ1) is 10.6. The minimum Gasteiger partial charge on any atom is -0.465 e. The Bertz CT molecular complexity index is 568. The number of hydrogen-bond donors (Lipinski definition) is 1. The highest BCUT2D eigenvalue weighted by Crippen LogP contribution is 2.26. The fourth-order valence-electron chi connectivity index (χ4n) is 2.35. The quantitative estimate of drug-likeness (QED) is 0.827. The molecule has 2 heterocycles. The van der Waals surface area contributed by atoms with Crippen LogP contribution in [0.15, 0.2) is 18.0 Å². The molecule has 0 aliphatic carbocycles. The number of carbonyl (C=O) groups excluding carboxylic acids is 2. The van der Waals surface area contributed by atoms with Gasteiger partial charge in [-0.2, -0.15) is 0 Å². The zero-order valence-electron chi connectivity index (χ0n) is 12.9. The van der Waals surface area contributed by atoms with Crippen molar-refractivity contribution in [3.63, 3.8) is 0 Å². The van der Waals surface area contributed by atoms with Crippen LogP contribution in [-0.2, 0) is 20.9 Å². The largest absolute Gasteiger partial charge is 0.465 e. The highest BCUT2D eigenvalue weighted by atomic mass is 32.2. The molecule has 6 nitrogen and oxygen atoms in total. The van der Waals surface area contributed by atoms with E-state index in [1.54, 1.807) is 30.8 Å². The van der Waals surface area contributed by atoms with Gasteiger partial charge in [-0.05, 0) is 31.5 Å². The van der Waals surface area contributed by atoms with E-state index in [9.17, 15) is 9.59 Å². The van der Waals surface area contributed by atoms with Gasteiger partial charge in [0.05, 0.1) is 6.61 Å². The molecule has 1 fully saturated rings. The summed E-state index contributed by atoms with van der Waals surface area (Å²) in [7, 11) is 0. The van der Waals surface area contributed by atoms with E-state index in [4.69, 9.17) is 4.74 Å². The van der Waals surface area contributed by atoms with E-state index < -0.39 is 0 Å². The van der Waals surface area contributed by atoms with Crippen molar-refractivity contribution in [3.05, 3.63) is 23.8 Å². The van der Waals surface area contributed by atoms with Crippen molar-refractivity contribution in [2.24, 2.45) is 0 Å². The number of thioether (sulfide) groups is 1. The van der Waals surface area contributed by atoms with Crippen molar-refractivity contribution in [1.82, 2.24) is 14.9 Å². The lowest BCUT2D eigenvalue weighted by Crippen LogP contribution is -2.32. The number of rotatable bonds is 5. The van der Waals surface area contributed by atoms with Crippen molar-refractivity contribution < 1.29 is 14.3 Å². The van der Waals surface area contributed by atoms with Crippen molar-refractivity contribution >= 4 is 28.9 Å². The number of aromatic nitrogens is 2. The first-order valence-electron chi connectivity index (χ1n) is 7.35. The third kappa shape index (κ3) is 4.71. The summed E-state index contributed by atoms with van der Waals surface area (Å²) < 4.78 is 6.72. The maximum Gasteiger partial charge on any atom is 0.325 e. The van der Waals surface area contributed by atoms with Crippen LogP contribution in [0.25, 0.3) is 6.08 Å². The molecule has 0 bridgehead atoms. The summed E-state index contributed by atoms with van der Waals surface area (Å²) in [4.78, 5) is 27.3. The Kier molecular flexibility index (Phi) is 6.21. The number of esters is 1. The fourth-order valence-corrected chi connectivity index (χ4v) is 3.29. The van der Waals surface area contributed by atoms with Gasteiger partial charge < -0.3 is 14.6 Å². The first-order valence-corrected chi connectivity index (χ1v) is 8.23. The van der Waals surface area contributed by atoms with Gasteiger partial charge in [-0.25, -0.2) is 4.98 Å². The predicted molar refractivity (Wildman–Crippen MR) is 86.4 cm³/mol. The highest BCUT2D eigenvalue weighted by Gasteiger charge is 2.21. The van der Waals surface area contributed by atoms with Gasteiger partial charge in [0, 0.05) is 31.1 Å². The van der Waals surface area contributed by atoms with Gasteiger partial charge in [-0.1, -0.05) is 11.8 Å². The summed E-state index contributed by atoms with van der Waals surface area (Å²) in [6, 6.07) is 0. The predicted octanol–water partition coefficient (Wildman–Crippen LogP) is 1.47. The van der Waals surface area contributed by atoms with E-state index >= 15 is 0 Å². The average molecular weight is 323 g/mol. The Labute approximate surface area is 134 Å². The molecule has 1 atom stereocenters. The van der Waals surface area contributed by atoms with Gasteiger partial charge in [0.25, 0.3) is 0 Å². The molecule has 1 N–H and O–H groups in total. The van der Waals surface area contributed by atoms with Crippen LogP contribution in [0.3, 0.4) is 0 Å². The minimum absolute atomic E-state index is 0.118. The van der Waals surface area contributed by atoms with Gasteiger partial charge in [0.15, 0.2) is 5.12 Å². The Balaban J connectivity index is 2.14. The lowest BCUT2D eigenvalue weighted by atomic mass is 10.1. The van der Waals surface area contributed by atoms with Crippen molar-refractivity contribution in [2.75, 3.05) is 19.7 Å². The monoisotopic (exact) mass is 323 g/mol. The van der Waals surface area contributed by atoms with Crippen LogP contribution in [0.2, 0.25) is 0 Å². The fraction of sp³-hybridized carbons (Fsp3) is 0.533. The van der Waals surface area contributed by atoms with Crippen LogP contribution in [0.1, 0.15) is 26.1 Å². The zero-order valence-corrected chi connectivity index (χ0v) is 13.7. The third-order valence-electron chi connectivity index (χ3n) is 3.30. The lowest BCUT2D eigenvalue weighted by molar-refractivity contribution is -0.143. The molecule has 1 aliphatic heterocycles. The molecule has 120 valence electrons. The Morgan fingerprint density at radius 2 is 2.41 bits per heavy atom. The van der Waals surface area contributed by atoms with Crippen LogP contribution >= 0.6 is 11.8 Å². The number of piperidine rings is 1. The van der Waals surface area contributed by atoms with Crippen molar-refractivity contribution in [3.8, 4) is 0 Å². The average Bonchev–Trinajstić information content (AvgIpc) is 2.88. The Morgan fingerprint density at radius 1 is 1.59 bits per heavy atom. The zero-order chi connectivity index (χ0) is 15.9. The van der Waals surface area contributed by atoms with E-state index in [1.807, 2.05) is 6.08 Å². The lowest BCUT2D eigenvalue weighted by Gasteiger charge is -2.24. The molecule has 1 saturated heterocycles. The highest BCUT2D eigenvalue weighted by molar-refractivity contribution is 8.14. The maximum atomic E-state index is 11.6. The Morgan fingerprint density at radius 3 is 3.14 bits per heavy atom. The second-order valence-corrected chi connectivity index (χ2v) is 6.38. The topological polar surface area (TPSA) is 73.2 Å². The van der Waals surface area contributed by atoms with Crippen LogP contribution < -0.4 is 5.32 Å². The number of nitrogens with zero attached hydrogens (tertiary/aromatic N) is 2. The molecular weight excluding hydrogens is 302 g/mol. The molecule has 0 spiro atoms. The molecule has 0 radical (unpaired) electrons. The number of hydrogen-bond acceptors (Lipinski definition) is 6. The summed E-state index contributed by atoms with van der Waals surface area (Å²) in [5.74, 6) is 0.428. The van der Waals surface area contributed by atoms with Crippen LogP contribution in [0.5, 0.6) is 0 Å². The molecule has 1 aromatic heterocycles. The van der Waals surface area contributed by atoms with Gasteiger partial charge in [-0.3, -0.25) is 9.59 Å². The minimum atomic E-state index is -0.281. The molecule has 0 saturated carbocycles. The summed E-state index contributed by atoms with van der Waals surface area (Å²) in [5, 5.41) is 3.60. The summed E-state index contributed by atoms with van der Waals surface area (Å²) in [6.07, 6.45) is 6.29. The molecule has 2 rings (SSSR count). The molecule has 7 heteroatoms. The number of ether oxygens (including phenoxy) is 1. The molecule has 1 unspecified atom stereocenters. The number of carbonyl (C=O) groups is 2. The SMILES string of the molecule is CCOC(=O)Cn1ccnc1/C=C1/CNCCC1SC(C)=O. The van der Waals surface area contributed by atoms with Gasteiger partial charge in [0.1, 0.15) is 12.4 Å². The third-order valence-corrected chi connectivity index (χ3v) is 4.46. The van der Waals surface area contributed by atoms with Gasteiger partial charge in [0.2, 0.25) is 0 Å². The molecule has 0 aromatic carbocycles.